The quantitative estimate of drug-likeness (QED) is 0.0274. The molecule has 25 heteroatoms. The van der Waals surface area contributed by atoms with E-state index in [0.29, 0.717) is 0 Å². The zero-order valence-electron chi connectivity index (χ0n) is 32.8. The van der Waals surface area contributed by atoms with Gasteiger partial charge in [0.05, 0.1) is 84.7 Å². The predicted molar refractivity (Wildman–Crippen MR) is 182 cm³/mol. The average molecular weight is 855 g/mol. The number of ketones is 4. The predicted octanol–water partition coefficient (Wildman–Crippen LogP) is -4.84. The van der Waals surface area contributed by atoms with E-state index in [1.807, 2.05) is 0 Å². The van der Waals surface area contributed by atoms with E-state index in [1.54, 1.807) is 0 Å². The van der Waals surface area contributed by atoms with Crippen LogP contribution in [0.25, 0.3) is 0 Å². The molecule has 332 valence electrons. The van der Waals surface area contributed by atoms with E-state index in [-0.39, 0.29) is 0 Å². The zero-order valence-corrected chi connectivity index (χ0v) is 32.8. The van der Waals surface area contributed by atoms with Gasteiger partial charge in [-0.25, -0.2) is 38.4 Å². The highest BCUT2D eigenvalue weighted by Gasteiger charge is 2.83. The maximum atomic E-state index is 14.7. The normalized spacial score (nSPS) is 11.6. The number of carbonyl (C=O) groups is 12. The van der Waals surface area contributed by atoms with Crippen molar-refractivity contribution in [3.05, 3.63) is 0 Å². The third-order valence-electron chi connectivity index (χ3n) is 7.88. The molecule has 0 heterocycles. The van der Waals surface area contributed by atoms with Crippen LogP contribution in [0.3, 0.4) is 0 Å². The maximum Gasteiger partial charge on any atom is 0.418 e. The van der Waals surface area contributed by atoms with Crippen LogP contribution >= 0.6 is 0 Å². The van der Waals surface area contributed by atoms with Crippen molar-refractivity contribution in [2.75, 3.05) is 79.3 Å². The Kier molecular flexibility index (Phi) is 21.9. The summed E-state index contributed by atoms with van der Waals surface area (Å²) in [5.74, 6) is -30.3. The van der Waals surface area contributed by atoms with Crippen LogP contribution in [0, 0.1) is 10.8 Å². The van der Waals surface area contributed by atoms with E-state index in [4.69, 9.17) is 14.2 Å². The SMILES string of the molecule is CCOC(=O)C(=O)OC(C(=O)C(=O)OCC)(C(=O)C(=O)OCC)C(CO)(COCC(CO)(CO)CO)C(OC(=O)C(=O)OCC)(C(=O)C(=O)OCC)C(=O)C(=O)OCC. The number of aliphatic hydroxyl groups excluding tert-OH is 4. The van der Waals surface area contributed by atoms with Crippen LogP contribution < -0.4 is 0 Å². The number of carbonyl (C=O) groups excluding carboxylic acids is 12. The van der Waals surface area contributed by atoms with Crippen molar-refractivity contribution in [1.29, 1.82) is 0 Å². The summed E-state index contributed by atoms with van der Waals surface area (Å²) in [5.41, 5.74) is -16.8. The number of rotatable bonds is 26. The van der Waals surface area contributed by atoms with E-state index in [2.05, 4.69) is 28.4 Å². The lowest BCUT2D eigenvalue weighted by atomic mass is 9.55. The van der Waals surface area contributed by atoms with E-state index in [1.165, 1.54) is 0 Å². The standard InChI is InChI=1S/C34H46O25/c1-7-52-23(43)19(39)33(20(40)24(44)53-8-2,58-29(49)27(47)56-11-5)32(16-38,18-51-17-31(13-35,14-36)15-37)34(21(41)25(45)54-9-3,22(42)26(46)55-10-4)59-30(50)28(48)57-12-6/h35-38H,7-18H2,1-6H3. The number of Topliss-reactive ketones (excluding diaryl/α,β-unsaturated/α-hetero) is 4. The fraction of sp³-hybridized carbons (Fsp3) is 0.647. The minimum Gasteiger partial charge on any atom is -0.460 e. The van der Waals surface area contributed by atoms with Gasteiger partial charge < -0.3 is 63.1 Å². The summed E-state index contributed by atoms with van der Waals surface area (Å²) in [6.07, 6.45) is 0. The number of ether oxygens (including phenoxy) is 9. The Morgan fingerprint density at radius 2 is 0.610 bits per heavy atom. The van der Waals surface area contributed by atoms with E-state index in [9.17, 15) is 78.0 Å². The lowest BCUT2D eigenvalue weighted by molar-refractivity contribution is -0.244. The summed E-state index contributed by atoms with van der Waals surface area (Å²) in [6.45, 7) is -8.14. The minimum absolute atomic E-state index is 0.692. The second kappa shape index (κ2) is 24.2. The van der Waals surface area contributed by atoms with E-state index >= 15 is 0 Å². The van der Waals surface area contributed by atoms with Gasteiger partial charge in [-0.15, -0.1) is 0 Å². The van der Waals surface area contributed by atoms with Crippen molar-refractivity contribution in [1.82, 2.24) is 0 Å². The van der Waals surface area contributed by atoms with Gasteiger partial charge in [0.15, 0.2) is 0 Å². The fourth-order valence-corrected chi connectivity index (χ4v) is 5.01. The van der Waals surface area contributed by atoms with Crippen molar-refractivity contribution >= 4 is 70.9 Å². The van der Waals surface area contributed by atoms with Gasteiger partial charge in [0.2, 0.25) is 0 Å². The van der Waals surface area contributed by atoms with Gasteiger partial charge in [-0.2, -0.15) is 0 Å². The molecule has 0 spiro atoms. The Labute approximate surface area is 334 Å². The van der Waals surface area contributed by atoms with Crippen LogP contribution in [-0.4, -0.2) is 182 Å². The Bertz CT molecular complexity index is 1440. The molecule has 0 radical (unpaired) electrons. The summed E-state index contributed by atoms with van der Waals surface area (Å²) < 4.78 is 43.0. The molecule has 0 aliphatic heterocycles. The second-order valence-electron chi connectivity index (χ2n) is 11.5. The molecule has 0 fully saturated rings. The lowest BCUT2D eigenvalue weighted by Gasteiger charge is -2.51. The molecule has 0 amide bonds. The van der Waals surface area contributed by atoms with Gasteiger partial charge in [0, 0.05) is 0 Å². The highest BCUT2D eigenvalue weighted by molar-refractivity contribution is 6.56. The summed E-state index contributed by atoms with van der Waals surface area (Å²) in [7, 11) is 0. The molecule has 0 saturated carbocycles. The maximum absolute atomic E-state index is 14.7. The molecule has 0 aromatic heterocycles. The third kappa shape index (κ3) is 11.3. The van der Waals surface area contributed by atoms with Crippen molar-refractivity contribution < 1.29 is 121 Å². The smallest absolute Gasteiger partial charge is 0.418 e. The van der Waals surface area contributed by atoms with Crippen LogP contribution in [0.15, 0.2) is 0 Å². The molecule has 0 saturated heterocycles. The first-order valence-corrected chi connectivity index (χ1v) is 17.4. The van der Waals surface area contributed by atoms with Gasteiger partial charge in [-0.3, -0.25) is 19.2 Å². The van der Waals surface area contributed by atoms with Gasteiger partial charge in [-0.05, 0) is 41.5 Å². The third-order valence-corrected chi connectivity index (χ3v) is 7.88. The highest BCUT2D eigenvalue weighted by atomic mass is 16.6. The summed E-state index contributed by atoms with van der Waals surface area (Å²) >= 11 is 0. The van der Waals surface area contributed by atoms with E-state index < -0.39 is 172 Å². The van der Waals surface area contributed by atoms with Crippen molar-refractivity contribution in [3.63, 3.8) is 0 Å². The largest absolute Gasteiger partial charge is 0.460 e. The van der Waals surface area contributed by atoms with Crippen molar-refractivity contribution in [3.8, 4) is 0 Å². The summed E-state index contributed by atoms with van der Waals surface area (Å²) in [4.78, 5) is 165. The molecular weight excluding hydrogens is 808 g/mol. The van der Waals surface area contributed by atoms with Gasteiger partial charge in [0.25, 0.3) is 34.3 Å². The van der Waals surface area contributed by atoms with Gasteiger partial charge >= 0.3 is 47.8 Å². The summed E-state index contributed by atoms with van der Waals surface area (Å²) in [6, 6.07) is 0. The first-order chi connectivity index (χ1) is 27.7. The molecule has 0 aliphatic rings. The molecule has 59 heavy (non-hydrogen) atoms. The Hall–Kier alpha value is -5.76. The Balaban J connectivity index is 9.96. The Morgan fingerprint density at radius 1 is 0.356 bits per heavy atom. The van der Waals surface area contributed by atoms with E-state index in [0.717, 1.165) is 41.5 Å². The molecular formula is C34H46O25. The molecule has 0 rings (SSSR count). The number of hydrogen-bond donors (Lipinski definition) is 4. The number of hydrogen-bond acceptors (Lipinski definition) is 25. The molecule has 0 aromatic rings. The van der Waals surface area contributed by atoms with Gasteiger partial charge in [0.1, 0.15) is 5.41 Å². The molecule has 0 atom stereocenters. The average Bonchev–Trinajstić information content (AvgIpc) is 3.21. The second-order valence-corrected chi connectivity index (χ2v) is 11.5. The first-order valence-electron chi connectivity index (χ1n) is 17.4. The van der Waals surface area contributed by atoms with Crippen molar-refractivity contribution in [2.45, 2.75) is 52.7 Å². The zero-order chi connectivity index (χ0) is 45.8. The van der Waals surface area contributed by atoms with Crippen LogP contribution in [0.2, 0.25) is 0 Å². The highest BCUT2D eigenvalue weighted by Crippen LogP contribution is 2.50. The topological polar surface area (TPSA) is 369 Å². The number of aliphatic hydroxyl groups is 4. The van der Waals surface area contributed by atoms with Crippen LogP contribution in [-0.2, 0) is 100 Å². The Morgan fingerprint density at radius 3 is 0.831 bits per heavy atom. The number of esters is 8. The molecule has 0 bridgehead atoms. The summed E-state index contributed by atoms with van der Waals surface area (Å²) in [5, 5.41) is 41.5. The lowest BCUT2D eigenvalue weighted by Crippen LogP contribution is -2.81. The van der Waals surface area contributed by atoms with Crippen LogP contribution in [0.4, 0.5) is 0 Å². The van der Waals surface area contributed by atoms with Gasteiger partial charge in [-0.1, -0.05) is 0 Å². The molecule has 0 unspecified atom stereocenters. The molecule has 4 N–H and O–H groups in total. The molecule has 0 aliphatic carbocycles. The minimum atomic E-state index is -5.00. The monoisotopic (exact) mass is 854 g/mol. The molecule has 0 aromatic carbocycles. The van der Waals surface area contributed by atoms with Crippen LogP contribution in [0.1, 0.15) is 41.5 Å². The van der Waals surface area contributed by atoms with Crippen LogP contribution in [0.5, 0.6) is 0 Å². The van der Waals surface area contributed by atoms with Crippen molar-refractivity contribution in [2.24, 2.45) is 10.8 Å². The molecule has 25 nitrogen and oxygen atoms in total. The first kappa shape index (κ1) is 53.2. The fourth-order valence-electron chi connectivity index (χ4n) is 5.01.